The van der Waals surface area contributed by atoms with Gasteiger partial charge in [-0.15, -0.1) is 11.8 Å². The Bertz CT molecular complexity index is 521. The van der Waals surface area contributed by atoms with Crippen molar-refractivity contribution in [2.24, 2.45) is 11.7 Å². The Hall–Kier alpha value is -1.53. The number of benzene rings is 1. The minimum absolute atomic E-state index is 0.0191. The number of anilines is 1. The van der Waals surface area contributed by atoms with E-state index in [0.717, 1.165) is 30.0 Å². The number of thioether (sulfide) groups is 1. The molecule has 0 aliphatic carbocycles. The molecular formula is C15H21N3O2S. The minimum atomic E-state index is -0.372. The van der Waals surface area contributed by atoms with E-state index in [-0.39, 0.29) is 23.6 Å². The lowest BCUT2D eigenvalue weighted by Gasteiger charge is -2.29. The van der Waals surface area contributed by atoms with Crippen LogP contribution in [0.25, 0.3) is 0 Å². The number of piperidine rings is 1. The summed E-state index contributed by atoms with van der Waals surface area (Å²) in [5.41, 5.74) is 5.90. The summed E-state index contributed by atoms with van der Waals surface area (Å²) in [5, 5.41) is 6.23. The molecule has 0 saturated carbocycles. The zero-order valence-electron chi connectivity index (χ0n) is 12.1. The molecule has 1 aliphatic heterocycles. The van der Waals surface area contributed by atoms with E-state index in [1.165, 1.54) is 11.8 Å². The van der Waals surface area contributed by atoms with Crippen molar-refractivity contribution in [2.75, 3.05) is 17.6 Å². The summed E-state index contributed by atoms with van der Waals surface area (Å²) < 4.78 is 0. The minimum Gasteiger partial charge on any atom is -0.369 e. The third-order valence-electron chi connectivity index (χ3n) is 3.57. The van der Waals surface area contributed by atoms with Crippen molar-refractivity contribution < 1.29 is 9.59 Å². The number of nitrogens with one attached hydrogen (secondary N) is 2. The number of amides is 2. The number of nitrogens with two attached hydrogens (primary N) is 1. The van der Waals surface area contributed by atoms with Crippen LogP contribution < -0.4 is 16.4 Å². The Balaban J connectivity index is 2.04. The van der Waals surface area contributed by atoms with Crippen molar-refractivity contribution >= 4 is 29.3 Å². The highest BCUT2D eigenvalue weighted by Gasteiger charge is 2.27. The second-order valence-electron chi connectivity index (χ2n) is 5.29. The summed E-state index contributed by atoms with van der Waals surface area (Å²) in [7, 11) is 0. The first-order chi connectivity index (χ1) is 10.1. The zero-order chi connectivity index (χ0) is 15.2. The molecule has 21 heavy (non-hydrogen) atoms. The fraction of sp³-hybridized carbons (Fsp3) is 0.467. The van der Waals surface area contributed by atoms with Crippen LogP contribution in [0.5, 0.6) is 0 Å². The summed E-state index contributed by atoms with van der Waals surface area (Å²) in [6.45, 7) is 2.96. The van der Waals surface area contributed by atoms with Gasteiger partial charge < -0.3 is 16.4 Å². The SMILES string of the molecule is CC1CCCNC1C(=O)Nc1ccccc1SCC(N)=O. The fourth-order valence-electron chi connectivity index (χ4n) is 2.46. The summed E-state index contributed by atoms with van der Waals surface area (Å²) in [6, 6.07) is 7.30. The van der Waals surface area contributed by atoms with Crippen LogP contribution in [-0.2, 0) is 9.59 Å². The second-order valence-corrected chi connectivity index (χ2v) is 6.31. The maximum absolute atomic E-state index is 12.4. The average molecular weight is 307 g/mol. The first-order valence-electron chi connectivity index (χ1n) is 7.12. The first kappa shape index (κ1) is 15.9. The second kappa shape index (κ2) is 7.47. The number of primary amides is 1. The predicted molar refractivity (Wildman–Crippen MR) is 85.2 cm³/mol. The Morgan fingerprint density at radius 2 is 2.19 bits per heavy atom. The molecule has 1 heterocycles. The quantitative estimate of drug-likeness (QED) is 0.721. The molecular weight excluding hydrogens is 286 g/mol. The zero-order valence-corrected chi connectivity index (χ0v) is 12.9. The average Bonchev–Trinajstić information content (AvgIpc) is 2.46. The van der Waals surface area contributed by atoms with Gasteiger partial charge in [0.25, 0.3) is 0 Å². The van der Waals surface area contributed by atoms with Gasteiger partial charge in [-0.2, -0.15) is 0 Å². The van der Waals surface area contributed by atoms with E-state index in [1.54, 1.807) is 0 Å². The highest BCUT2D eigenvalue weighted by Crippen LogP contribution is 2.27. The largest absolute Gasteiger partial charge is 0.369 e. The third kappa shape index (κ3) is 4.47. The van der Waals surface area contributed by atoms with Crippen LogP contribution in [-0.4, -0.2) is 30.2 Å². The Labute approximate surface area is 129 Å². The predicted octanol–water partition coefficient (Wildman–Crippen LogP) is 1.59. The van der Waals surface area contributed by atoms with E-state index < -0.39 is 0 Å². The normalized spacial score (nSPS) is 21.8. The molecule has 2 unspecified atom stereocenters. The van der Waals surface area contributed by atoms with Gasteiger partial charge in [0.1, 0.15) is 0 Å². The first-order valence-corrected chi connectivity index (χ1v) is 8.11. The van der Waals surface area contributed by atoms with Crippen LogP contribution in [0.2, 0.25) is 0 Å². The van der Waals surface area contributed by atoms with Crippen molar-refractivity contribution in [3.05, 3.63) is 24.3 Å². The van der Waals surface area contributed by atoms with Crippen molar-refractivity contribution in [3.63, 3.8) is 0 Å². The number of hydrogen-bond donors (Lipinski definition) is 3. The van der Waals surface area contributed by atoms with Gasteiger partial charge >= 0.3 is 0 Å². The molecule has 1 aromatic rings. The molecule has 1 aliphatic rings. The van der Waals surface area contributed by atoms with Gasteiger partial charge in [0, 0.05) is 4.90 Å². The molecule has 0 aromatic heterocycles. The molecule has 6 heteroatoms. The molecule has 0 bridgehead atoms. The van der Waals surface area contributed by atoms with Crippen molar-refractivity contribution in [3.8, 4) is 0 Å². The lowest BCUT2D eigenvalue weighted by Crippen LogP contribution is -2.48. The standard InChI is InChI=1S/C15H21N3O2S/c1-10-5-4-8-17-14(10)15(20)18-11-6-2-3-7-12(11)21-9-13(16)19/h2-3,6-7,10,14,17H,4-5,8-9H2,1H3,(H2,16,19)(H,18,20). The highest BCUT2D eigenvalue weighted by atomic mass is 32.2. The summed E-state index contributed by atoms with van der Waals surface area (Å²) in [4.78, 5) is 24.1. The topological polar surface area (TPSA) is 84.2 Å². The molecule has 1 aromatic carbocycles. The molecule has 1 saturated heterocycles. The van der Waals surface area contributed by atoms with E-state index in [1.807, 2.05) is 24.3 Å². The molecule has 1 fully saturated rings. The molecule has 2 amide bonds. The van der Waals surface area contributed by atoms with Crippen LogP contribution in [0, 0.1) is 5.92 Å². The van der Waals surface area contributed by atoms with Crippen LogP contribution in [0.3, 0.4) is 0 Å². The molecule has 5 nitrogen and oxygen atoms in total. The Kier molecular flexibility index (Phi) is 5.64. The van der Waals surface area contributed by atoms with Crippen LogP contribution >= 0.6 is 11.8 Å². The van der Waals surface area contributed by atoms with E-state index >= 15 is 0 Å². The molecule has 2 rings (SSSR count). The number of para-hydroxylation sites is 1. The number of hydrogen-bond acceptors (Lipinski definition) is 4. The highest BCUT2D eigenvalue weighted by molar-refractivity contribution is 8.00. The van der Waals surface area contributed by atoms with Crippen molar-refractivity contribution in [1.29, 1.82) is 0 Å². The maximum Gasteiger partial charge on any atom is 0.241 e. The van der Waals surface area contributed by atoms with Gasteiger partial charge in [0.05, 0.1) is 17.5 Å². The smallest absolute Gasteiger partial charge is 0.241 e. The van der Waals surface area contributed by atoms with E-state index in [2.05, 4.69) is 17.6 Å². The monoisotopic (exact) mass is 307 g/mol. The van der Waals surface area contributed by atoms with Gasteiger partial charge in [0.2, 0.25) is 11.8 Å². The lowest BCUT2D eigenvalue weighted by atomic mass is 9.92. The summed E-state index contributed by atoms with van der Waals surface area (Å²) in [5.74, 6) is 0.132. The van der Waals surface area contributed by atoms with Gasteiger partial charge in [-0.25, -0.2) is 0 Å². The van der Waals surface area contributed by atoms with Crippen molar-refractivity contribution in [1.82, 2.24) is 5.32 Å². The Morgan fingerprint density at radius 1 is 1.43 bits per heavy atom. The molecule has 0 spiro atoms. The fourth-order valence-corrected chi connectivity index (χ4v) is 3.20. The van der Waals surface area contributed by atoms with Crippen LogP contribution in [0.15, 0.2) is 29.2 Å². The van der Waals surface area contributed by atoms with Gasteiger partial charge in [-0.05, 0) is 37.4 Å². The maximum atomic E-state index is 12.4. The summed E-state index contributed by atoms with van der Waals surface area (Å²) in [6.07, 6.45) is 2.17. The number of carbonyl (C=O) groups is 2. The van der Waals surface area contributed by atoms with Gasteiger partial charge in [-0.3, -0.25) is 9.59 Å². The van der Waals surface area contributed by atoms with E-state index in [4.69, 9.17) is 5.73 Å². The summed E-state index contributed by atoms with van der Waals surface area (Å²) >= 11 is 1.33. The van der Waals surface area contributed by atoms with E-state index in [9.17, 15) is 9.59 Å². The lowest BCUT2D eigenvalue weighted by molar-refractivity contribution is -0.119. The van der Waals surface area contributed by atoms with E-state index in [0.29, 0.717) is 5.92 Å². The third-order valence-corrected chi connectivity index (χ3v) is 4.66. The molecule has 114 valence electrons. The van der Waals surface area contributed by atoms with Crippen LogP contribution in [0.4, 0.5) is 5.69 Å². The molecule has 4 N–H and O–H groups in total. The van der Waals surface area contributed by atoms with Gasteiger partial charge in [-0.1, -0.05) is 19.1 Å². The molecule has 0 radical (unpaired) electrons. The molecule has 2 atom stereocenters. The Morgan fingerprint density at radius 3 is 2.90 bits per heavy atom. The number of carbonyl (C=O) groups excluding carboxylic acids is 2. The van der Waals surface area contributed by atoms with Gasteiger partial charge in [0.15, 0.2) is 0 Å². The van der Waals surface area contributed by atoms with Crippen molar-refractivity contribution in [2.45, 2.75) is 30.7 Å². The number of rotatable bonds is 5. The van der Waals surface area contributed by atoms with Crippen LogP contribution in [0.1, 0.15) is 19.8 Å².